The van der Waals surface area contributed by atoms with Crippen LogP contribution < -0.4 is 11.1 Å². The smallest absolute Gasteiger partial charge is 0.254 e. The van der Waals surface area contributed by atoms with Gasteiger partial charge in [0.25, 0.3) is 11.8 Å². The van der Waals surface area contributed by atoms with Crippen LogP contribution in [-0.2, 0) is 0 Å². The normalized spacial score (nSPS) is 21.0. The summed E-state index contributed by atoms with van der Waals surface area (Å²) in [6, 6.07) is 7.10. The highest BCUT2D eigenvalue weighted by atomic mass is 16.2. The summed E-state index contributed by atoms with van der Waals surface area (Å²) in [5, 5.41) is 2.91. The predicted octanol–water partition coefficient (Wildman–Crippen LogP) is 2.27. The van der Waals surface area contributed by atoms with E-state index in [0.29, 0.717) is 36.7 Å². The molecule has 0 aliphatic carbocycles. The SMILES string of the molecule is CC1CC(CN)CN1C(=O)c1ccc(C(=O)NCC(C)(C)C)cc1. The zero-order valence-electron chi connectivity index (χ0n) is 15.1. The maximum Gasteiger partial charge on any atom is 0.254 e. The molecular formula is C19H29N3O2. The van der Waals surface area contributed by atoms with E-state index in [1.54, 1.807) is 24.3 Å². The van der Waals surface area contributed by atoms with Crippen molar-refractivity contribution in [3.63, 3.8) is 0 Å². The second kappa shape index (κ2) is 7.34. The first-order chi connectivity index (χ1) is 11.2. The molecular weight excluding hydrogens is 302 g/mol. The van der Waals surface area contributed by atoms with Gasteiger partial charge in [-0.05, 0) is 55.5 Å². The van der Waals surface area contributed by atoms with Crippen LogP contribution in [0.4, 0.5) is 0 Å². The van der Waals surface area contributed by atoms with Crippen LogP contribution in [0.5, 0.6) is 0 Å². The summed E-state index contributed by atoms with van der Waals surface area (Å²) in [4.78, 5) is 26.7. The summed E-state index contributed by atoms with van der Waals surface area (Å²) < 4.78 is 0. The average molecular weight is 331 g/mol. The summed E-state index contributed by atoms with van der Waals surface area (Å²) in [5.41, 5.74) is 6.96. The second-order valence-electron chi connectivity index (χ2n) is 7.96. The highest BCUT2D eigenvalue weighted by molar-refractivity contribution is 5.98. The van der Waals surface area contributed by atoms with Crippen molar-refractivity contribution in [1.29, 1.82) is 0 Å². The number of nitrogens with two attached hydrogens (primary N) is 1. The fourth-order valence-electron chi connectivity index (χ4n) is 2.97. The Bertz CT molecular complexity index is 590. The van der Waals surface area contributed by atoms with Crippen LogP contribution >= 0.6 is 0 Å². The van der Waals surface area contributed by atoms with Gasteiger partial charge in [0.1, 0.15) is 0 Å². The van der Waals surface area contributed by atoms with Gasteiger partial charge >= 0.3 is 0 Å². The van der Waals surface area contributed by atoms with Gasteiger partial charge < -0.3 is 16.0 Å². The van der Waals surface area contributed by atoms with E-state index in [4.69, 9.17) is 5.73 Å². The third kappa shape index (κ3) is 4.57. The average Bonchev–Trinajstić information content (AvgIpc) is 2.92. The number of rotatable bonds is 4. The Labute approximate surface area is 144 Å². The van der Waals surface area contributed by atoms with Crippen LogP contribution in [0.2, 0.25) is 0 Å². The van der Waals surface area contributed by atoms with Crippen molar-refractivity contribution >= 4 is 11.8 Å². The molecule has 0 radical (unpaired) electrons. The van der Waals surface area contributed by atoms with Gasteiger partial charge in [-0.2, -0.15) is 0 Å². The topological polar surface area (TPSA) is 75.4 Å². The van der Waals surface area contributed by atoms with E-state index in [2.05, 4.69) is 33.0 Å². The monoisotopic (exact) mass is 331 g/mol. The zero-order valence-corrected chi connectivity index (χ0v) is 15.1. The van der Waals surface area contributed by atoms with Crippen molar-refractivity contribution < 1.29 is 9.59 Å². The lowest BCUT2D eigenvalue weighted by atomic mass is 9.97. The molecule has 3 N–H and O–H groups in total. The molecule has 1 aliphatic heterocycles. The largest absolute Gasteiger partial charge is 0.352 e. The lowest BCUT2D eigenvalue weighted by Gasteiger charge is -2.22. The Kier molecular flexibility index (Phi) is 5.65. The number of likely N-dealkylation sites (tertiary alicyclic amines) is 1. The standard InChI is InChI=1S/C19H29N3O2/c1-13-9-14(10-20)11-22(13)18(24)16-7-5-15(6-8-16)17(23)21-12-19(2,3)4/h5-8,13-14H,9-12,20H2,1-4H3,(H,21,23). The molecule has 2 atom stereocenters. The maximum absolute atomic E-state index is 12.6. The van der Waals surface area contributed by atoms with E-state index in [0.717, 1.165) is 6.42 Å². The molecule has 1 fully saturated rings. The molecule has 0 spiro atoms. The van der Waals surface area contributed by atoms with Crippen LogP contribution in [0.1, 0.15) is 54.8 Å². The van der Waals surface area contributed by atoms with Gasteiger partial charge in [-0.25, -0.2) is 0 Å². The first-order valence-electron chi connectivity index (χ1n) is 8.60. The second-order valence-corrected chi connectivity index (χ2v) is 7.96. The van der Waals surface area contributed by atoms with Crippen molar-refractivity contribution in [3.8, 4) is 0 Å². The maximum atomic E-state index is 12.6. The molecule has 24 heavy (non-hydrogen) atoms. The van der Waals surface area contributed by atoms with Gasteiger partial charge in [0, 0.05) is 30.3 Å². The molecule has 0 bridgehead atoms. The van der Waals surface area contributed by atoms with E-state index in [1.165, 1.54) is 0 Å². The number of benzene rings is 1. The van der Waals surface area contributed by atoms with Crippen LogP contribution in [-0.4, -0.2) is 42.4 Å². The Hall–Kier alpha value is -1.88. The van der Waals surface area contributed by atoms with Gasteiger partial charge in [-0.3, -0.25) is 9.59 Å². The quantitative estimate of drug-likeness (QED) is 0.889. The summed E-state index contributed by atoms with van der Waals surface area (Å²) in [5.74, 6) is 0.285. The van der Waals surface area contributed by atoms with Crippen molar-refractivity contribution in [2.24, 2.45) is 17.1 Å². The molecule has 0 aromatic heterocycles. The minimum atomic E-state index is -0.110. The summed E-state index contributed by atoms with van der Waals surface area (Å²) in [6.07, 6.45) is 0.954. The van der Waals surface area contributed by atoms with Gasteiger partial charge in [-0.1, -0.05) is 20.8 Å². The van der Waals surface area contributed by atoms with Gasteiger partial charge in [0.05, 0.1) is 0 Å². The molecule has 1 aromatic rings. The van der Waals surface area contributed by atoms with E-state index < -0.39 is 0 Å². The number of nitrogens with one attached hydrogen (secondary N) is 1. The first kappa shape index (κ1) is 18.5. The predicted molar refractivity (Wildman–Crippen MR) is 95.9 cm³/mol. The summed E-state index contributed by atoms with van der Waals surface area (Å²) in [7, 11) is 0. The number of hydrogen-bond acceptors (Lipinski definition) is 3. The highest BCUT2D eigenvalue weighted by Crippen LogP contribution is 2.24. The highest BCUT2D eigenvalue weighted by Gasteiger charge is 2.32. The molecule has 132 valence electrons. The van der Waals surface area contributed by atoms with Crippen LogP contribution in [0.3, 0.4) is 0 Å². The van der Waals surface area contributed by atoms with Gasteiger partial charge in [-0.15, -0.1) is 0 Å². The Morgan fingerprint density at radius 1 is 1.21 bits per heavy atom. The zero-order chi connectivity index (χ0) is 17.9. The van der Waals surface area contributed by atoms with Crippen molar-refractivity contribution in [3.05, 3.63) is 35.4 Å². The molecule has 5 heteroatoms. The molecule has 2 rings (SSSR count). The molecule has 2 amide bonds. The van der Waals surface area contributed by atoms with Crippen LogP contribution in [0.25, 0.3) is 0 Å². The van der Waals surface area contributed by atoms with E-state index in [-0.39, 0.29) is 23.3 Å². The van der Waals surface area contributed by atoms with Gasteiger partial charge in [0.15, 0.2) is 0 Å². The van der Waals surface area contributed by atoms with Crippen molar-refractivity contribution in [2.75, 3.05) is 19.6 Å². The van der Waals surface area contributed by atoms with Crippen LogP contribution in [0, 0.1) is 11.3 Å². The molecule has 1 aliphatic rings. The Morgan fingerprint density at radius 3 is 2.29 bits per heavy atom. The number of amides is 2. The third-order valence-corrected chi connectivity index (χ3v) is 4.43. The lowest BCUT2D eigenvalue weighted by Crippen LogP contribution is -2.34. The molecule has 0 saturated carbocycles. The minimum Gasteiger partial charge on any atom is -0.352 e. The fourth-order valence-corrected chi connectivity index (χ4v) is 2.97. The molecule has 1 saturated heterocycles. The molecule has 1 heterocycles. The van der Waals surface area contributed by atoms with E-state index >= 15 is 0 Å². The third-order valence-electron chi connectivity index (χ3n) is 4.43. The minimum absolute atomic E-state index is 0.0140. The Morgan fingerprint density at radius 2 is 1.79 bits per heavy atom. The number of hydrogen-bond donors (Lipinski definition) is 2. The van der Waals surface area contributed by atoms with E-state index in [9.17, 15) is 9.59 Å². The van der Waals surface area contributed by atoms with Crippen molar-refractivity contribution in [1.82, 2.24) is 10.2 Å². The fraction of sp³-hybridized carbons (Fsp3) is 0.579. The summed E-state index contributed by atoms with van der Waals surface area (Å²) >= 11 is 0. The Balaban J connectivity index is 2.01. The summed E-state index contributed by atoms with van der Waals surface area (Å²) in [6.45, 7) is 10.2. The van der Waals surface area contributed by atoms with E-state index in [1.807, 2.05) is 4.90 Å². The van der Waals surface area contributed by atoms with Crippen LogP contribution in [0.15, 0.2) is 24.3 Å². The number of carbonyl (C=O) groups is 2. The number of nitrogens with zero attached hydrogens (tertiary/aromatic N) is 1. The van der Waals surface area contributed by atoms with Crippen molar-refractivity contribution in [2.45, 2.75) is 40.2 Å². The molecule has 1 aromatic carbocycles. The molecule has 2 unspecified atom stereocenters. The van der Waals surface area contributed by atoms with Gasteiger partial charge in [0.2, 0.25) is 0 Å². The first-order valence-corrected chi connectivity index (χ1v) is 8.60. The lowest BCUT2D eigenvalue weighted by molar-refractivity contribution is 0.0742. The molecule has 5 nitrogen and oxygen atoms in total. The number of carbonyl (C=O) groups excluding carboxylic acids is 2.